The lowest BCUT2D eigenvalue weighted by Crippen LogP contribution is -2.30. The van der Waals surface area contributed by atoms with Crippen LogP contribution in [0.4, 0.5) is 5.69 Å². The Morgan fingerprint density at radius 3 is 2.56 bits per heavy atom. The standard InChI is InChI=1S/C20H19N3O2/c21-13-16-6-8-18(9-7-16)22-20(25)17-12-19(24)23(14-17)11-10-15-4-2-1-3-5-15/h1-9,17H,10-12,14H2,(H,22,25)/t17-/m0/s1. The third-order valence-electron chi connectivity index (χ3n) is 4.38. The zero-order chi connectivity index (χ0) is 17.6. The number of nitrogens with one attached hydrogen (secondary N) is 1. The summed E-state index contributed by atoms with van der Waals surface area (Å²) < 4.78 is 0. The highest BCUT2D eigenvalue weighted by molar-refractivity contribution is 5.97. The van der Waals surface area contributed by atoms with Crippen molar-refractivity contribution in [1.82, 2.24) is 4.90 Å². The summed E-state index contributed by atoms with van der Waals surface area (Å²) in [5, 5.41) is 11.6. The van der Waals surface area contributed by atoms with Gasteiger partial charge in [-0.3, -0.25) is 9.59 Å². The van der Waals surface area contributed by atoms with Gasteiger partial charge in [-0.05, 0) is 36.2 Å². The number of nitriles is 1. The third-order valence-corrected chi connectivity index (χ3v) is 4.38. The van der Waals surface area contributed by atoms with Crippen LogP contribution in [0, 0.1) is 17.2 Å². The maximum absolute atomic E-state index is 12.4. The fourth-order valence-electron chi connectivity index (χ4n) is 2.95. The van der Waals surface area contributed by atoms with E-state index in [0.717, 1.165) is 6.42 Å². The second kappa shape index (κ2) is 7.63. The van der Waals surface area contributed by atoms with Crippen molar-refractivity contribution in [3.8, 4) is 6.07 Å². The molecule has 0 spiro atoms. The second-order valence-electron chi connectivity index (χ2n) is 6.15. The van der Waals surface area contributed by atoms with Gasteiger partial charge in [-0.15, -0.1) is 0 Å². The van der Waals surface area contributed by atoms with Crippen molar-refractivity contribution in [3.05, 3.63) is 65.7 Å². The van der Waals surface area contributed by atoms with Crippen LogP contribution in [-0.4, -0.2) is 29.8 Å². The first-order chi connectivity index (χ1) is 12.2. The van der Waals surface area contributed by atoms with Gasteiger partial charge in [-0.2, -0.15) is 5.26 Å². The van der Waals surface area contributed by atoms with Crippen LogP contribution in [0.5, 0.6) is 0 Å². The van der Waals surface area contributed by atoms with Crippen LogP contribution >= 0.6 is 0 Å². The number of anilines is 1. The molecule has 1 saturated heterocycles. The van der Waals surface area contributed by atoms with E-state index in [1.165, 1.54) is 5.56 Å². The van der Waals surface area contributed by atoms with Gasteiger partial charge >= 0.3 is 0 Å². The molecule has 2 aromatic carbocycles. The number of hydrogen-bond donors (Lipinski definition) is 1. The minimum atomic E-state index is -0.334. The normalized spacial score (nSPS) is 16.5. The minimum absolute atomic E-state index is 0.0240. The number of carbonyl (C=O) groups is 2. The molecule has 1 fully saturated rings. The number of rotatable bonds is 5. The largest absolute Gasteiger partial charge is 0.342 e. The highest BCUT2D eigenvalue weighted by atomic mass is 16.2. The Hall–Kier alpha value is -3.13. The summed E-state index contributed by atoms with van der Waals surface area (Å²) in [4.78, 5) is 26.3. The lowest BCUT2D eigenvalue weighted by Gasteiger charge is -2.16. The molecular weight excluding hydrogens is 314 g/mol. The van der Waals surface area contributed by atoms with E-state index in [0.29, 0.717) is 24.3 Å². The number of likely N-dealkylation sites (tertiary alicyclic amines) is 1. The van der Waals surface area contributed by atoms with Crippen LogP contribution in [0.1, 0.15) is 17.5 Å². The molecular formula is C20H19N3O2. The molecule has 0 radical (unpaired) electrons. The highest BCUT2D eigenvalue weighted by Crippen LogP contribution is 2.20. The number of amides is 2. The van der Waals surface area contributed by atoms with Gasteiger partial charge in [0.05, 0.1) is 17.6 Å². The summed E-state index contributed by atoms with van der Waals surface area (Å²) in [6.45, 7) is 1.08. The molecule has 1 aliphatic rings. The number of carbonyl (C=O) groups excluding carboxylic acids is 2. The van der Waals surface area contributed by atoms with Crippen LogP contribution in [-0.2, 0) is 16.0 Å². The monoisotopic (exact) mass is 333 g/mol. The first kappa shape index (κ1) is 16.7. The maximum Gasteiger partial charge on any atom is 0.229 e. The molecule has 2 amide bonds. The van der Waals surface area contributed by atoms with Gasteiger partial charge in [-0.25, -0.2) is 0 Å². The quantitative estimate of drug-likeness (QED) is 0.914. The van der Waals surface area contributed by atoms with Crippen molar-refractivity contribution < 1.29 is 9.59 Å². The van der Waals surface area contributed by atoms with E-state index in [4.69, 9.17) is 5.26 Å². The Bertz CT molecular complexity index is 794. The fraction of sp³-hybridized carbons (Fsp3) is 0.250. The summed E-state index contributed by atoms with van der Waals surface area (Å²) >= 11 is 0. The molecule has 0 saturated carbocycles. The molecule has 0 aliphatic carbocycles. The van der Waals surface area contributed by atoms with Gasteiger partial charge < -0.3 is 10.2 Å². The molecule has 1 atom stereocenters. The van der Waals surface area contributed by atoms with Gasteiger partial charge in [0.25, 0.3) is 0 Å². The van der Waals surface area contributed by atoms with Gasteiger partial charge in [0.1, 0.15) is 0 Å². The molecule has 1 heterocycles. The van der Waals surface area contributed by atoms with Crippen molar-refractivity contribution in [3.63, 3.8) is 0 Å². The zero-order valence-electron chi connectivity index (χ0n) is 13.8. The Kier molecular flexibility index (Phi) is 5.10. The van der Waals surface area contributed by atoms with Crippen LogP contribution in [0.2, 0.25) is 0 Å². The van der Waals surface area contributed by atoms with Crippen LogP contribution in [0.15, 0.2) is 54.6 Å². The van der Waals surface area contributed by atoms with E-state index in [1.807, 2.05) is 36.4 Å². The molecule has 3 rings (SSSR count). The van der Waals surface area contributed by atoms with E-state index in [-0.39, 0.29) is 24.2 Å². The molecule has 25 heavy (non-hydrogen) atoms. The Morgan fingerprint density at radius 2 is 1.88 bits per heavy atom. The Labute approximate surface area is 146 Å². The predicted molar refractivity (Wildman–Crippen MR) is 94.6 cm³/mol. The number of benzene rings is 2. The van der Waals surface area contributed by atoms with Gasteiger partial charge in [0.2, 0.25) is 11.8 Å². The number of nitrogens with zero attached hydrogens (tertiary/aromatic N) is 2. The molecule has 5 heteroatoms. The molecule has 126 valence electrons. The SMILES string of the molecule is N#Cc1ccc(NC(=O)[C@H]2CC(=O)N(CCc3ccccc3)C2)cc1. The average molecular weight is 333 g/mol. The van der Waals surface area contributed by atoms with Gasteiger partial charge in [0.15, 0.2) is 0 Å². The summed E-state index contributed by atoms with van der Waals surface area (Å²) in [5.41, 5.74) is 2.36. The van der Waals surface area contributed by atoms with E-state index < -0.39 is 0 Å². The summed E-state index contributed by atoms with van der Waals surface area (Å²) in [7, 11) is 0. The van der Waals surface area contributed by atoms with E-state index in [2.05, 4.69) is 5.32 Å². The molecule has 5 nitrogen and oxygen atoms in total. The second-order valence-corrected chi connectivity index (χ2v) is 6.15. The van der Waals surface area contributed by atoms with E-state index in [9.17, 15) is 9.59 Å². The first-order valence-corrected chi connectivity index (χ1v) is 8.28. The van der Waals surface area contributed by atoms with Crippen molar-refractivity contribution in [2.75, 3.05) is 18.4 Å². The summed E-state index contributed by atoms with van der Waals surface area (Å²) in [6, 6.07) is 18.7. The molecule has 1 N–H and O–H groups in total. The minimum Gasteiger partial charge on any atom is -0.342 e. The smallest absolute Gasteiger partial charge is 0.229 e. The van der Waals surface area contributed by atoms with Gasteiger partial charge in [0, 0.05) is 25.2 Å². The lowest BCUT2D eigenvalue weighted by molar-refractivity contribution is -0.128. The molecule has 1 aliphatic heterocycles. The zero-order valence-corrected chi connectivity index (χ0v) is 13.8. The van der Waals surface area contributed by atoms with Crippen molar-refractivity contribution >= 4 is 17.5 Å². The third kappa shape index (κ3) is 4.24. The highest BCUT2D eigenvalue weighted by Gasteiger charge is 2.33. The number of hydrogen-bond acceptors (Lipinski definition) is 3. The summed E-state index contributed by atoms with van der Waals surface area (Å²) in [5.74, 6) is -0.463. The van der Waals surface area contributed by atoms with Crippen molar-refractivity contribution in [2.24, 2.45) is 5.92 Å². The van der Waals surface area contributed by atoms with E-state index >= 15 is 0 Å². The average Bonchev–Trinajstić information content (AvgIpc) is 3.02. The van der Waals surface area contributed by atoms with Crippen LogP contribution in [0.3, 0.4) is 0 Å². The topological polar surface area (TPSA) is 73.2 Å². The predicted octanol–water partition coefficient (Wildman–Crippen LogP) is 2.59. The Balaban J connectivity index is 1.54. The lowest BCUT2D eigenvalue weighted by atomic mass is 10.1. The first-order valence-electron chi connectivity index (χ1n) is 8.28. The molecule has 2 aromatic rings. The Morgan fingerprint density at radius 1 is 1.16 bits per heavy atom. The van der Waals surface area contributed by atoms with Gasteiger partial charge in [-0.1, -0.05) is 30.3 Å². The molecule has 0 bridgehead atoms. The van der Waals surface area contributed by atoms with Crippen LogP contribution < -0.4 is 5.32 Å². The molecule has 0 unspecified atom stereocenters. The molecule has 0 aromatic heterocycles. The maximum atomic E-state index is 12.4. The summed E-state index contributed by atoms with van der Waals surface area (Å²) in [6.07, 6.45) is 1.04. The van der Waals surface area contributed by atoms with E-state index in [1.54, 1.807) is 29.2 Å². The fourth-order valence-corrected chi connectivity index (χ4v) is 2.95. The van der Waals surface area contributed by atoms with Crippen molar-refractivity contribution in [2.45, 2.75) is 12.8 Å². The van der Waals surface area contributed by atoms with Crippen molar-refractivity contribution in [1.29, 1.82) is 5.26 Å². The van der Waals surface area contributed by atoms with Crippen LogP contribution in [0.25, 0.3) is 0 Å².